The maximum Gasteiger partial charge on any atom is 0.430 e. The molecule has 3 nitrogen and oxygen atoms in total. The highest BCUT2D eigenvalue weighted by Gasteiger charge is 2.72. The van der Waals surface area contributed by atoms with Crippen LogP contribution in [0.4, 0.5) is 32.0 Å². The zero-order valence-corrected chi connectivity index (χ0v) is 15.4. The summed E-state index contributed by atoms with van der Waals surface area (Å²) in [6.45, 7) is 1.75. The highest BCUT2D eigenvalue weighted by Crippen LogP contribution is 2.53. The van der Waals surface area contributed by atoms with Crippen molar-refractivity contribution in [2.75, 3.05) is 5.32 Å². The molecule has 9 heteroatoms. The Morgan fingerprint density at radius 3 is 1.97 bits per heavy atom. The number of fused-ring (bicyclic) bond motifs is 1. The van der Waals surface area contributed by atoms with Gasteiger partial charge in [-0.25, -0.2) is 0 Å². The standard InChI is InChI=1S/C21H15F6NO2/c1-12-6-8-14(9-7-12)18(29)28-17-15-5-3-2-4-13(15)10-11-16(17)19(30,20(22,23)24)21(25,26)27/h2-11,30H,1H3,(H,28,29). The van der Waals surface area contributed by atoms with E-state index < -0.39 is 35.1 Å². The van der Waals surface area contributed by atoms with E-state index in [0.29, 0.717) is 6.07 Å². The van der Waals surface area contributed by atoms with Crippen LogP contribution in [0.25, 0.3) is 10.8 Å². The van der Waals surface area contributed by atoms with E-state index in [1.807, 2.05) is 0 Å². The number of halogens is 6. The number of hydrogen-bond donors (Lipinski definition) is 2. The summed E-state index contributed by atoms with van der Waals surface area (Å²) in [7, 11) is 0. The molecule has 0 aromatic heterocycles. The molecule has 0 aliphatic carbocycles. The summed E-state index contributed by atoms with van der Waals surface area (Å²) in [5.41, 5.74) is -6.62. The van der Waals surface area contributed by atoms with Crippen LogP contribution in [0.3, 0.4) is 0 Å². The van der Waals surface area contributed by atoms with Crippen molar-refractivity contribution in [3.8, 4) is 0 Å². The van der Waals surface area contributed by atoms with Crippen molar-refractivity contribution in [3.05, 3.63) is 77.4 Å². The lowest BCUT2D eigenvalue weighted by Gasteiger charge is -2.34. The molecule has 0 aliphatic rings. The fourth-order valence-electron chi connectivity index (χ4n) is 3.06. The average Bonchev–Trinajstić information content (AvgIpc) is 2.66. The van der Waals surface area contributed by atoms with Crippen LogP contribution in [-0.2, 0) is 5.60 Å². The molecule has 0 saturated carbocycles. The summed E-state index contributed by atoms with van der Waals surface area (Å²) >= 11 is 0. The van der Waals surface area contributed by atoms with Crippen LogP contribution in [0, 0.1) is 6.92 Å². The van der Waals surface area contributed by atoms with Gasteiger partial charge in [0.05, 0.1) is 5.69 Å². The second-order valence-electron chi connectivity index (χ2n) is 6.74. The second-order valence-corrected chi connectivity index (χ2v) is 6.74. The van der Waals surface area contributed by atoms with E-state index in [1.165, 1.54) is 36.4 Å². The van der Waals surface area contributed by atoms with E-state index in [4.69, 9.17) is 0 Å². The van der Waals surface area contributed by atoms with E-state index >= 15 is 0 Å². The summed E-state index contributed by atoms with van der Waals surface area (Å²) in [6, 6.07) is 13.1. The molecule has 1 amide bonds. The van der Waals surface area contributed by atoms with Crippen LogP contribution in [-0.4, -0.2) is 23.4 Å². The van der Waals surface area contributed by atoms with Crippen molar-refractivity contribution in [1.82, 2.24) is 0 Å². The van der Waals surface area contributed by atoms with E-state index in [0.717, 1.165) is 11.6 Å². The first-order valence-electron chi connectivity index (χ1n) is 8.62. The third-order valence-electron chi connectivity index (χ3n) is 4.69. The zero-order valence-electron chi connectivity index (χ0n) is 15.4. The highest BCUT2D eigenvalue weighted by atomic mass is 19.4. The number of carbonyl (C=O) groups is 1. The van der Waals surface area contributed by atoms with Crippen molar-refractivity contribution < 1.29 is 36.2 Å². The Morgan fingerprint density at radius 2 is 1.40 bits per heavy atom. The summed E-state index contributed by atoms with van der Waals surface area (Å²) < 4.78 is 80.9. The molecule has 3 aromatic carbocycles. The van der Waals surface area contributed by atoms with Crippen molar-refractivity contribution >= 4 is 22.4 Å². The van der Waals surface area contributed by atoms with Gasteiger partial charge in [0.1, 0.15) is 0 Å². The maximum atomic E-state index is 13.5. The van der Waals surface area contributed by atoms with Gasteiger partial charge in [0.15, 0.2) is 0 Å². The van der Waals surface area contributed by atoms with Crippen LogP contribution >= 0.6 is 0 Å². The van der Waals surface area contributed by atoms with Crippen molar-refractivity contribution in [2.24, 2.45) is 0 Å². The average molecular weight is 427 g/mol. The number of amides is 1. The van der Waals surface area contributed by atoms with Crippen LogP contribution in [0.2, 0.25) is 0 Å². The summed E-state index contributed by atoms with van der Waals surface area (Å²) in [5.74, 6) is -0.917. The summed E-state index contributed by atoms with van der Waals surface area (Å²) in [5, 5.41) is 12.3. The number of rotatable bonds is 3. The first-order valence-corrected chi connectivity index (χ1v) is 8.62. The van der Waals surface area contributed by atoms with Crippen LogP contribution in [0.5, 0.6) is 0 Å². The van der Waals surface area contributed by atoms with Gasteiger partial charge in [0, 0.05) is 16.5 Å². The lowest BCUT2D eigenvalue weighted by Crippen LogP contribution is -2.54. The first-order chi connectivity index (χ1) is 13.9. The molecule has 0 radical (unpaired) electrons. The van der Waals surface area contributed by atoms with Gasteiger partial charge in [0.2, 0.25) is 0 Å². The van der Waals surface area contributed by atoms with Gasteiger partial charge in [-0.3, -0.25) is 4.79 Å². The third kappa shape index (κ3) is 3.60. The molecule has 0 saturated heterocycles. The molecule has 0 heterocycles. The van der Waals surface area contributed by atoms with Crippen LogP contribution in [0.1, 0.15) is 21.5 Å². The monoisotopic (exact) mass is 427 g/mol. The minimum absolute atomic E-state index is 0.0297. The summed E-state index contributed by atoms with van der Waals surface area (Å²) in [6.07, 6.45) is -12.2. The van der Waals surface area contributed by atoms with Crippen molar-refractivity contribution in [3.63, 3.8) is 0 Å². The van der Waals surface area contributed by atoms with E-state index in [1.54, 1.807) is 19.1 Å². The van der Waals surface area contributed by atoms with Gasteiger partial charge in [0.25, 0.3) is 11.5 Å². The molecule has 3 aromatic rings. The Morgan fingerprint density at radius 1 is 0.833 bits per heavy atom. The van der Waals surface area contributed by atoms with Crippen LogP contribution < -0.4 is 5.32 Å². The van der Waals surface area contributed by atoms with Gasteiger partial charge < -0.3 is 10.4 Å². The molecule has 0 spiro atoms. The highest BCUT2D eigenvalue weighted by molar-refractivity contribution is 6.10. The predicted molar refractivity (Wildman–Crippen MR) is 99.1 cm³/mol. The molecule has 0 atom stereocenters. The normalized spacial score (nSPS) is 12.8. The Kier molecular flexibility index (Phi) is 5.28. The minimum atomic E-state index is -6.09. The smallest absolute Gasteiger partial charge is 0.369 e. The topological polar surface area (TPSA) is 49.3 Å². The van der Waals surface area contributed by atoms with Gasteiger partial charge in [-0.1, -0.05) is 54.1 Å². The third-order valence-corrected chi connectivity index (χ3v) is 4.69. The van der Waals surface area contributed by atoms with E-state index in [-0.39, 0.29) is 16.3 Å². The van der Waals surface area contributed by atoms with Gasteiger partial charge in [-0.2, -0.15) is 26.3 Å². The minimum Gasteiger partial charge on any atom is -0.369 e. The fourth-order valence-corrected chi connectivity index (χ4v) is 3.06. The number of aryl methyl sites for hydroxylation is 1. The molecule has 0 unspecified atom stereocenters. The second kappa shape index (κ2) is 7.32. The number of carbonyl (C=O) groups excluding carboxylic acids is 1. The number of anilines is 1. The molecular weight excluding hydrogens is 412 g/mol. The lowest BCUT2D eigenvalue weighted by atomic mass is 9.88. The summed E-state index contributed by atoms with van der Waals surface area (Å²) in [4.78, 5) is 12.6. The quantitative estimate of drug-likeness (QED) is 0.526. The molecule has 0 aliphatic heterocycles. The Labute approximate surface area is 166 Å². The number of aliphatic hydroxyl groups is 1. The largest absolute Gasteiger partial charge is 0.430 e. The molecule has 158 valence electrons. The Hall–Kier alpha value is -3.07. The zero-order chi connectivity index (χ0) is 22.3. The molecule has 0 fully saturated rings. The van der Waals surface area contributed by atoms with Crippen molar-refractivity contribution in [1.29, 1.82) is 0 Å². The Bertz CT molecular complexity index is 1070. The Balaban J connectivity index is 2.26. The number of alkyl halides is 6. The lowest BCUT2D eigenvalue weighted by molar-refractivity contribution is -0.375. The first kappa shape index (κ1) is 21.6. The van der Waals surface area contributed by atoms with E-state index in [9.17, 15) is 36.2 Å². The molecule has 0 bridgehead atoms. The van der Waals surface area contributed by atoms with Gasteiger partial charge >= 0.3 is 12.4 Å². The maximum absolute atomic E-state index is 13.5. The molecular formula is C21H15F6NO2. The number of benzene rings is 3. The number of hydrogen-bond acceptors (Lipinski definition) is 2. The van der Waals surface area contributed by atoms with Crippen LogP contribution in [0.15, 0.2) is 60.7 Å². The van der Waals surface area contributed by atoms with Gasteiger partial charge in [-0.15, -0.1) is 0 Å². The molecule has 3 rings (SSSR count). The number of nitrogens with one attached hydrogen (secondary N) is 1. The predicted octanol–water partition coefficient (Wildman–Crippen LogP) is 5.71. The molecule has 30 heavy (non-hydrogen) atoms. The molecule has 2 N–H and O–H groups in total. The fraction of sp³-hybridized carbons (Fsp3) is 0.190. The SMILES string of the molecule is Cc1ccc(C(=O)Nc2c(C(O)(C(F)(F)F)C(F)(F)F)ccc3ccccc23)cc1. The van der Waals surface area contributed by atoms with Gasteiger partial charge in [-0.05, 0) is 24.4 Å². The van der Waals surface area contributed by atoms with E-state index in [2.05, 4.69) is 5.32 Å². The van der Waals surface area contributed by atoms with Crippen molar-refractivity contribution in [2.45, 2.75) is 24.9 Å².